The number of imidazole rings is 1. The first-order chi connectivity index (χ1) is 14.7. The van der Waals surface area contributed by atoms with Gasteiger partial charge in [0, 0.05) is 31.7 Å². The van der Waals surface area contributed by atoms with Crippen molar-refractivity contribution in [3.8, 4) is 11.5 Å². The van der Waals surface area contributed by atoms with E-state index in [4.69, 9.17) is 25.8 Å². The Kier molecular flexibility index (Phi) is 6.40. The number of fused-ring (bicyclic) bond motifs is 2. The molecule has 0 bridgehead atoms. The number of aromatic nitrogens is 2. The maximum absolute atomic E-state index is 13.0. The number of hydrogen-bond acceptors (Lipinski definition) is 5. The molecule has 30 heavy (non-hydrogen) atoms. The second-order valence-corrected chi connectivity index (χ2v) is 7.32. The highest BCUT2D eigenvalue weighted by Crippen LogP contribution is 2.38. The second-order valence-electron chi connectivity index (χ2n) is 6.92. The number of nitrogens with one attached hydrogen (secondary N) is 1. The quantitative estimate of drug-likeness (QED) is 0.558. The van der Waals surface area contributed by atoms with E-state index in [1.54, 1.807) is 12.1 Å². The zero-order valence-corrected chi connectivity index (χ0v) is 17.6. The van der Waals surface area contributed by atoms with Crippen molar-refractivity contribution in [2.75, 3.05) is 31.7 Å². The van der Waals surface area contributed by atoms with Gasteiger partial charge in [-0.3, -0.25) is 10.1 Å². The van der Waals surface area contributed by atoms with Gasteiger partial charge in [0.15, 0.2) is 11.5 Å². The Balaban J connectivity index is 1.60. The molecule has 1 aromatic heterocycles. The van der Waals surface area contributed by atoms with Crippen molar-refractivity contribution in [2.24, 2.45) is 0 Å². The first-order valence-electron chi connectivity index (χ1n) is 10.1. The standard InChI is InChI=1S/C22H24ClN3O4/c1-2-28-10-5-9-26-18-8-4-3-7-17(18)24-22(26)25-21(27)15-13-16(23)20-19(14-15)29-11-6-12-30-20/h3-4,7-8,13-14H,2,5-6,9-12H2,1H3,(H,24,25,27). The lowest BCUT2D eigenvalue weighted by molar-refractivity contribution is 0.102. The SMILES string of the molecule is CCOCCCn1c(NC(=O)c2cc(Cl)c3c(c2)OCCCO3)nc2ccccc21. The molecule has 0 fully saturated rings. The summed E-state index contributed by atoms with van der Waals surface area (Å²) in [7, 11) is 0. The average Bonchev–Trinajstić information content (AvgIpc) is 2.91. The van der Waals surface area contributed by atoms with Crippen molar-refractivity contribution in [3.05, 3.63) is 47.0 Å². The van der Waals surface area contributed by atoms with Gasteiger partial charge < -0.3 is 18.8 Å². The number of amides is 1. The van der Waals surface area contributed by atoms with Crippen LogP contribution in [0.15, 0.2) is 36.4 Å². The number of halogens is 1. The Bertz CT molecular complexity index is 1050. The van der Waals surface area contributed by atoms with E-state index in [2.05, 4.69) is 10.3 Å². The van der Waals surface area contributed by atoms with E-state index in [1.807, 2.05) is 35.8 Å². The third kappa shape index (κ3) is 4.37. The summed E-state index contributed by atoms with van der Waals surface area (Å²) >= 11 is 6.34. The molecule has 2 aromatic carbocycles. The molecule has 0 atom stereocenters. The lowest BCUT2D eigenvalue weighted by Crippen LogP contribution is -2.17. The third-order valence-corrected chi connectivity index (χ3v) is 5.10. The number of para-hydroxylation sites is 2. The summed E-state index contributed by atoms with van der Waals surface area (Å²) in [5, 5.41) is 3.28. The smallest absolute Gasteiger partial charge is 0.258 e. The number of anilines is 1. The minimum Gasteiger partial charge on any atom is -0.489 e. The normalized spacial score (nSPS) is 13.3. The van der Waals surface area contributed by atoms with Crippen molar-refractivity contribution in [2.45, 2.75) is 26.3 Å². The van der Waals surface area contributed by atoms with Gasteiger partial charge in [-0.25, -0.2) is 4.98 Å². The van der Waals surface area contributed by atoms with Crippen LogP contribution in [0.2, 0.25) is 5.02 Å². The Hall–Kier alpha value is -2.77. The second kappa shape index (κ2) is 9.36. The summed E-state index contributed by atoms with van der Waals surface area (Å²) in [5.41, 5.74) is 2.17. The molecule has 1 aliphatic heterocycles. The van der Waals surface area contributed by atoms with Crippen molar-refractivity contribution in [1.82, 2.24) is 9.55 Å². The summed E-state index contributed by atoms with van der Waals surface area (Å²) in [6.07, 6.45) is 1.57. The minimum atomic E-state index is -0.311. The van der Waals surface area contributed by atoms with Gasteiger partial charge in [-0.05, 0) is 37.6 Å². The van der Waals surface area contributed by atoms with Gasteiger partial charge in [0.2, 0.25) is 5.95 Å². The van der Waals surface area contributed by atoms with Crippen LogP contribution in [0, 0.1) is 0 Å². The number of hydrogen-bond donors (Lipinski definition) is 1. The highest BCUT2D eigenvalue weighted by Gasteiger charge is 2.20. The molecule has 4 rings (SSSR count). The van der Waals surface area contributed by atoms with Gasteiger partial charge in [0.25, 0.3) is 5.91 Å². The van der Waals surface area contributed by atoms with Gasteiger partial charge in [0.1, 0.15) is 0 Å². The molecule has 7 nitrogen and oxygen atoms in total. The number of nitrogens with zero attached hydrogens (tertiary/aromatic N) is 2. The molecule has 0 radical (unpaired) electrons. The Labute approximate surface area is 179 Å². The highest BCUT2D eigenvalue weighted by atomic mass is 35.5. The van der Waals surface area contributed by atoms with Crippen LogP contribution in [0.25, 0.3) is 11.0 Å². The van der Waals surface area contributed by atoms with Gasteiger partial charge in [-0.1, -0.05) is 23.7 Å². The lowest BCUT2D eigenvalue weighted by Gasteiger charge is -2.13. The molecule has 2 heterocycles. The Morgan fingerprint density at radius 1 is 1.27 bits per heavy atom. The van der Waals surface area contributed by atoms with Gasteiger partial charge >= 0.3 is 0 Å². The van der Waals surface area contributed by atoms with E-state index in [0.29, 0.717) is 61.0 Å². The molecule has 0 saturated carbocycles. The van der Waals surface area contributed by atoms with Crippen molar-refractivity contribution < 1.29 is 19.0 Å². The van der Waals surface area contributed by atoms with Crippen LogP contribution in [-0.2, 0) is 11.3 Å². The van der Waals surface area contributed by atoms with Crippen molar-refractivity contribution in [1.29, 1.82) is 0 Å². The maximum atomic E-state index is 13.0. The summed E-state index contributed by atoms with van der Waals surface area (Å²) in [5.74, 6) is 1.14. The molecule has 0 saturated heterocycles. The molecule has 1 aliphatic rings. The molecule has 0 spiro atoms. The predicted molar refractivity (Wildman–Crippen MR) is 116 cm³/mol. The highest BCUT2D eigenvalue weighted by molar-refractivity contribution is 6.32. The Morgan fingerprint density at radius 2 is 2.10 bits per heavy atom. The van der Waals surface area contributed by atoms with Gasteiger partial charge in [0.05, 0.1) is 29.3 Å². The predicted octanol–water partition coefficient (Wildman–Crippen LogP) is 4.53. The van der Waals surface area contributed by atoms with Crippen LogP contribution in [0.3, 0.4) is 0 Å². The monoisotopic (exact) mass is 429 g/mol. The van der Waals surface area contributed by atoms with Crippen LogP contribution < -0.4 is 14.8 Å². The van der Waals surface area contributed by atoms with E-state index >= 15 is 0 Å². The zero-order chi connectivity index (χ0) is 20.9. The zero-order valence-electron chi connectivity index (χ0n) is 16.8. The van der Waals surface area contributed by atoms with E-state index in [-0.39, 0.29) is 5.91 Å². The van der Waals surface area contributed by atoms with Crippen LogP contribution in [0.1, 0.15) is 30.1 Å². The summed E-state index contributed by atoms with van der Waals surface area (Å²) in [6.45, 7) is 5.03. The molecule has 3 aromatic rings. The fourth-order valence-corrected chi connectivity index (χ4v) is 3.67. The first-order valence-corrected chi connectivity index (χ1v) is 10.5. The van der Waals surface area contributed by atoms with E-state index in [0.717, 1.165) is 23.9 Å². The van der Waals surface area contributed by atoms with Gasteiger partial charge in [-0.2, -0.15) is 0 Å². The molecule has 1 amide bonds. The molecular formula is C22H24ClN3O4. The molecular weight excluding hydrogens is 406 g/mol. The number of carbonyl (C=O) groups is 1. The topological polar surface area (TPSA) is 74.6 Å². The fraction of sp³-hybridized carbons (Fsp3) is 0.364. The molecule has 158 valence electrons. The fourth-order valence-electron chi connectivity index (χ4n) is 3.40. The third-order valence-electron chi connectivity index (χ3n) is 4.82. The summed E-state index contributed by atoms with van der Waals surface area (Å²) in [4.78, 5) is 17.6. The molecule has 1 N–H and O–H groups in total. The van der Waals surface area contributed by atoms with Crippen LogP contribution in [0.5, 0.6) is 11.5 Å². The van der Waals surface area contributed by atoms with Crippen molar-refractivity contribution in [3.63, 3.8) is 0 Å². The minimum absolute atomic E-state index is 0.311. The van der Waals surface area contributed by atoms with Crippen LogP contribution in [0.4, 0.5) is 5.95 Å². The molecule has 8 heteroatoms. The first kappa shape index (κ1) is 20.5. The largest absolute Gasteiger partial charge is 0.489 e. The number of rotatable bonds is 7. The molecule has 0 unspecified atom stereocenters. The van der Waals surface area contributed by atoms with Gasteiger partial charge in [-0.15, -0.1) is 0 Å². The summed E-state index contributed by atoms with van der Waals surface area (Å²) < 4.78 is 18.8. The maximum Gasteiger partial charge on any atom is 0.258 e. The number of carbonyl (C=O) groups excluding carboxylic acids is 1. The number of aryl methyl sites for hydroxylation is 1. The summed E-state index contributed by atoms with van der Waals surface area (Å²) in [6, 6.07) is 11.0. The van der Waals surface area contributed by atoms with E-state index in [9.17, 15) is 4.79 Å². The van der Waals surface area contributed by atoms with Crippen LogP contribution >= 0.6 is 11.6 Å². The lowest BCUT2D eigenvalue weighted by atomic mass is 10.2. The van der Waals surface area contributed by atoms with E-state index in [1.165, 1.54) is 0 Å². The molecule has 0 aliphatic carbocycles. The van der Waals surface area contributed by atoms with Crippen molar-refractivity contribution >= 4 is 34.5 Å². The average molecular weight is 430 g/mol. The van der Waals surface area contributed by atoms with Crippen LogP contribution in [-0.4, -0.2) is 41.9 Å². The number of benzene rings is 2. The number of ether oxygens (including phenoxy) is 3. The Morgan fingerprint density at radius 3 is 2.97 bits per heavy atom. The van der Waals surface area contributed by atoms with E-state index < -0.39 is 0 Å².